The Hall–Kier alpha value is -1.11. The van der Waals surface area contributed by atoms with Gasteiger partial charge in [0.1, 0.15) is 0 Å². The monoisotopic (exact) mass is 349 g/mol. The van der Waals surface area contributed by atoms with Crippen molar-refractivity contribution in [2.24, 2.45) is 0 Å². The molecule has 5 heteroatoms. The summed E-state index contributed by atoms with van der Waals surface area (Å²) in [6.45, 7) is 0. The molecule has 1 nitrogen and oxygen atoms in total. The fourth-order valence-electron chi connectivity index (χ4n) is 1.53. The Bertz CT molecular complexity index is 523. The summed E-state index contributed by atoms with van der Waals surface area (Å²) in [5.41, 5.74) is -0.172. The maximum Gasteiger partial charge on any atom is 0.417 e. The van der Waals surface area contributed by atoms with Crippen molar-refractivity contribution >= 4 is 22.6 Å². The summed E-state index contributed by atoms with van der Waals surface area (Å²) in [6.07, 6.45) is -2.88. The van der Waals surface area contributed by atoms with Crippen molar-refractivity contribution in [2.45, 2.75) is 6.18 Å². The number of nitrogens with zero attached hydrogens (tertiary/aromatic N) is 1. The highest BCUT2D eigenvalue weighted by atomic mass is 127. The van der Waals surface area contributed by atoms with E-state index in [1.807, 2.05) is 22.6 Å². The highest BCUT2D eigenvalue weighted by Crippen LogP contribution is 2.38. The molecular weight excluding hydrogens is 342 g/mol. The van der Waals surface area contributed by atoms with Crippen LogP contribution in [0, 0.1) is 3.57 Å². The molecule has 1 aromatic carbocycles. The molecule has 1 heterocycles. The molecule has 1 aromatic heterocycles. The van der Waals surface area contributed by atoms with Crippen molar-refractivity contribution in [1.82, 2.24) is 4.98 Å². The summed E-state index contributed by atoms with van der Waals surface area (Å²) in [5, 5.41) is 0. The fraction of sp³-hybridized carbons (Fsp3) is 0.0833. The Kier molecular flexibility index (Phi) is 3.37. The molecule has 2 rings (SSSR count). The van der Waals surface area contributed by atoms with Crippen molar-refractivity contribution in [2.75, 3.05) is 0 Å². The van der Waals surface area contributed by atoms with Crippen LogP contribution in [0.5, 0.6) is 0 Å². The second-order valence-corrected chi connectivity index (χ2v) is 4.54. The third-order valence-electron chi connectivity index (χ3n) is 2.24. The molecule has 0 N–H and O–H groups in total. The van der Waals surface area contributed by atoms with Crippen LogP contribution in [0.15, 0.2) is 42.6 Å². The lowest BCUT2D eigenvalue weighted by Crippen LogP contribution is -2.08. The number of hydrogen-bond acceptors (Lipinski definition) is 1. The first kappa shape index (κ1) is 12.3. The van der Waals surface area contributed by atoms with Gasteiger partial charge in [0.15, 0.2) is 0 Å². The van der Waals surface area contributed by atoms with Crippen LogP contribution in [0.25, 0.3) is 11.3 Å². The van der Waals surface area contributed by atoms with Gasteiger partial charge in [-0.05, 0) is 46.9 Å². The Morgan fingerprint density at radius 3 is 2.35 bits per heavy atom. The van der Waals surface area contributed by atoms with Gasteiger partial charge in [-0.25, -0.2) is 0 Å². The second kappa shape index (κ2) is 4.64. The molecule has 0 fully saturated rings. The van der Waals surface area contributed by atoms with Gasteiger partial charge in [0, 0.05) is 15.3 Å². The first-order valence-corrected chi connectivity index (χ1v) is 5.85. The quantitative estimate of drug-likeness (QED) is 0.697. The van der Waals surface area contributed by atoms with Crippen molar-refractivity contribution in [3.8, 4) is 11.3 Å². The molecule has 0 radical (unpaired) electrons. The topological polar surface area (TPSA) is 12.9 Å². The highest BCUT2D eigenvalue weighted by Gasteiger charge is 2.34. The molecule has 0 atom stereocenters. The third kappa shape index (κ3) is 2.59. The number of benzene rings is 1. The van der Waals surface area contributed by atoms with E-state index in [2.05, 4.69) is 4.98 Å². The fourth-order valence-corrected chi connectivity index (χ4v) is 2.31. The summed E-state index contributed by atoms with van der Waals surface area (Å²) in [7, 11) is 0. The summed E-state index contributed by atoms with van der Waals surface area (Å²) >= 11 is 1.89. The van der Waals surface area contributed by atoms with E-state index in [-0.39, 0.29) is 5.56 Å². The lowest BCUT2D eigenvalue weighted by molar-refractivity contribution is -0.137. The predicted octanol–water partition coefficient (Wildman–Crippen LogP) is 4.37. The van der Waals surface area contributed by atoms with Gasteiger partial charge in [-0.15, -0.1) is 0 Å². The first-order chi connectivity index (χ1) is 8.00. The first-order valence-electron chi connectivity index (χ1n) is 4.77. The van der Waals surface area contributed by atoms with Crippen LogP contribution in [-0.4, -0.2) is 4.98 Å². The van der Waals surface area contributed by atoms with Gasteiger partial charge in [0.2, 0.25) is 0 Å². The van der Waals surface area contributed by atoms with E-state index in [1.54, 1.807) is 24.3 Å². The molecule has 88 valence electrons. The average Bonchev–Trinajstić information content (AvgIpc) is 2.28. The molecule has 0 saturated carbocycles. The molecular formula is C12H7F3IN. The molecule has 0 spiro atoms. The van der Waals surface area contributed by atoms with E-state index in [4.69, 9.17) is 0 Å². The van der Waals surface area contributed by atoms with Crippen LogP contribution >= 0.6 is 22.6 Å². The Morgan fingerprint density at radius 2 is 1.76 bits per heavy atom. The largest absolute Gasteiger partial charge is 0.417 e. The Morgan fingerprint density at radius 1 is 1.00 bits per heavy atom. The van der Waals surface area contributed by atoms with Gasteiger partial charge in [0.25, 0.3) is 0 Å². The number of halogens is 4. The van der Waals surface area contributed by atoms with E-state index >= 15 is 0 Å². The lowest BCUT2D eigenvalue weighted by atomic mass is 10.0. The lowest BCUT2D eigenvalue weighted by Gasteiger charge is -2.13. The predicted molar refractivity (Wildman–Crippen MR) is 67.4 cm³/mol. The average molecular weight is 349 g/mol. The zero-order valence-corrected chi connectivity index (χ0v) is 10.7. The Balaban J connectivity index is 2.69. The van der Waals surface area contributed by atoms with E-state index < -0.39 is 11.7 Å². The number of rotatable bonds is 1. The van der Waals surface area contributed by atoms with Gasteiger partial charge in [0.05, 0.1) is 11.3 Å². The maximum absolute atomic E-state index is 12.9. The summed E-state index contributed by atoms with van der Waals surface area (Å²) < 4.78 is 39.2. The number of aromatic nitrogens is 1. The van der Waals surface area contributed by atoms with Crippen molar-refractivity contribution in [3.05, 3.63) is 51.7 Å². The van der Waals surface area contributed by atoms with Gasteiger partial charge >= 0.3 is 6.18 Å². The van der Waals surface area contributed by atoms with Gasteiger partial charge in [-0.1, -0.05) is 12.1 Å². The van der Waals surface area contributed by atoms with Crippen molar-refractivity contribution in [1.29, 1.82) is 0 Å². The number of pyridine rings is 1. The minimum atomic E-state index is -4.37. The van der Waals surface area contributed by atoms with Crippen LogP contribution in [0.1, 0.15) is 5.56 Å². The van der Waals surface area contributed by atoms with Crippen LogP contribution in [0.2, 0.25) is 0 Å². The molecule has 0 saturated heterocycles. The normalized spacial score (nSPS) is 11.5. The molecule has 0 aliphatic rings. The molecule has 0 amide bonds. The summed E-state index contributed by atoms with van der Waals surface area (Å²) in [4.78, 5) is 3.98. The molecule has 2 aromatic rings. The second-order valence-electron chi connectivity index (χ2n) is 3.38. The minimum absolute atomic E-state index is 0.140. The third-order valence-corrected chi connectivity index (χ3v) is 3.14. The molecule has 0 aliphatic heterocycles. The smallest absolute Gasteiger partial charge is 0.256 e. The zero-order valence-electron chi connectivity index (χ0n) is 8.50. The van der Waals surface area contributed by atoms with Crippen LogP contribution < -0.4 is 0 Å². The minimum Gasteiger partial charge on any atom is -0.256 e. The molecule has 17 heavy (non-hydrogen) atoms. The molecule has 0 bridgehead atoms. The van der Waals surface area contributed by atoms with Gasteiger partial charge in [-0.3, -0.25) is 4.98 Å². The van der Waals surface area contributed by atoms with Crippen LogP contribution in [0.4, 0.5) is 13.2 Å². The van der Waals surface area contributed by atoms with Crippen LogP contribution in [-0.2, 0) is 6.18 Å². The van der Waals surface area contributed by atoms with Crippen LogP contribution in [0.3, 0.4) is 0 Å². The number of hydrogen-bond donors (Lipinski definition) is 0. The molecule has 0 unspecified atom stereocenters. The zero-order chi connectivity index (χ0) is 12.5. The van der Waals surface area contributed by atoms with E-state index in [9.17, 15) is 13.2 Å². The van der Waals surface area contributed by atoms with E-state index in [0.29, 0.717) is 9.26 Å². The summed E-state index contributed by atoms with van der Waals surface area (Å²) in [6, 6.07) is 9.04. The van der Waals surface area contributed by atoms with Gasteiger partial charge < -0.3 is 0 Å². The summed E-state index contributed by atoms with van der Waals surface area (Å²) in [5.74, 6) is 0. The SMILES string of the molecule is FC(F)(F)c1cccc(I)c1-c1ccccn1. The standard InChI is InChI=1S/C12H7F3IN/c13-12(14,15)8-4-3-5-9(16)11(8)10-6-1-2-7-17-10/h1-7H. The molecule has 0 aliphatic carbocycles. The van der Waals surface area contributed by atoms with E-state index in [0.717, 1.165) is 6.07 Å². The van der Waals surface area contributed by atoms with Crippen molar-refractivity contribution in [3.63, 3.8) is 0 Å². The van der Waals surface area contributed by atoms with Crippen molar-refractivity contribution < 1.29 is 13.2 Å². The number of alkyl halides is 3. The maximum atomic E-state index is 12.9. The Labute approximate surface area is 110 Å². The highest BCUT2D eigenvalue weighted by molar-refractivity contribution is 14.1. The van der Waals surface area contributed by atoms with Gasteiger partial charge in [-0.2, -0.15) is 13.2 Å². The van der Waals surface area contributed by atoms with E-state index in [1.165, 1.54) is 12.3 Å².